The molecule has 2 amide bonds. The molecule has 1 unspecified atom stereocenters. The molecule has 0 saturated heterocycles. The highest BCUT2D eigenvalue weighted by Crippen LogP contribution is 2.15. The Hall–Kier alpha value is -2.44. The Balaban J connectivity index is 5.19. The molecular formula is C19H29NO6. The first kappa shape index (κ1) is 23.6. The van der Waals surface area contributed by atoms with E-state index in [1.807, 2.05) is 0 Å². The zero-order valence-electron chi connectivity index (χ0n) is 15.4. The molecule has 0 aromatic carbocycles. The lowest BCUT2D eigenvalue weighted by molar-refractivity contribution is -0.161. The Kier molecular flexibility index (Phi) is 12.5. The third-order valence-electron chi connectivity index (χ3n) is 3.82. The van der Waals surface area contributed by atoms with Crippen LogP contribution in [0.15, 0.2) is 25.3 Å². The average Bonchev–Trinajstić information content (AvgIpc) is 2.61. The molecule has 0 rings (SSSR count). The Bertz CT molecular complexity index is 486. The van der Waals surface area contributed by atoms with Crippen LogP contribution in [0.1, 0.15) is 57.8 Å². The molecule has 0 radical (unpaired) electrons. The van der Waals surface area contributed by atoms with Gasteiger partial charge in [-0.05, 0) is 38.5 Å². The first-order valence-electron chi connectivity index (χ1n) is 8.75. The zero-order chi connectivity index (χ0) is 19.9. The van der Waals surface area contributed by atoms with E-state index in [4.69, 9.17) is 0 Å². The highest BCUT2D eigenvalue weighted by Gasteiger charge is 2.35. The van der Waals surface area contributed by atoms with Crippen molar-refractivity contribution >= 4 is 23.8 Å². The predicted octanol–water partition coefficient (Wildman–Crippen LogP) is 2.85. The van der Waals surface area contributed by atoms with Crippen LogP contribution < -0.4 is 0 Å². The number of rotatable bonds is 14. The lowest BCUT2D eigenvalue weighted by Gasteiger charge is -2.27. The van der Waals surface area contributed by atoms with Gasteiger partial charge >= 0.3 is 11.9 Å². The standard InChI is InChI=1S/C19H29NO6/c1-4-6-8-10-12-16(21)20(17(22)13-11-9-7-5-2)15(19(24)25)14-18(23)26-3/h4-5,15H,1-2,6-14H2,3H3,(H,24,25). The van der Waals surface area contributed by atoms with Crippen molar-refractivity contribution in [3.8, 4) is 0 Å². The van der Waals surface area contributed by atoms with Gasteiger partial charge in [-0.2, -0.15) is 0 Å². The lowest BCUT2D eigenvalue weighted by atomic mass is 10.1. The number of nitrogens with zero attached hydrogens (tertiary/aromatic N) is 1. The topological polar surface area (TPSA) is 101 Å². The molecule has 26 heavy (non-hydrogen) atoms. The number of amides is 2. The van der Waals surface area contributed by atoms with Crippen LogP contribution in [0.2, 0.25) is 0 Å². The van der Waals surface area contributed by atoms with E-state index in [9.17, 15) is 24.3 Å². The molecular weight excluding hydrogens is 338 g/mol. The number of esters is 1. The summed E-state index contributed by atoms with van der Waals surface area (Å²) in [6, 6.07) is -1.55. The summed E-state index contributed by atoms with van der Waals surface area (Å²) in [6.45, 7) is 7.19. The van der Waals surface area contributed by atoms with Crippen molar-refractivity contribution in [1.82, 2.24) is 4.90 Å². The number of aliphatic carboxylic acids is 1. The minimum atomic E-state index is -1.55. The van der Waals surface area contributed by atoms with Crippen LogP contribution in [-0.2, 0) is 23.9 Å². The van der Waals surface area contributed by atoms with Crippen LogP contribution in [-0.4, -0.2) is 46.9 Å². The van der Waals surface area contributed by atoms with Crippen LogP contribution in [0, 0.1) is 0 Å². The predicted molar refractivity (Wildman–Crippen MR) is 97.2 cm³/mol. The van der Waals surface area contributed by atoms with Crippen molar-refractivity contribution in [2.75, 3.05) is 7.11 Å². The molecule has 146 valence electrons. The Morgan fingerprint density at radius 2 is 1.42 bits per heavy atom. The molecule has 0 saturated carbocycles. The van der Waals surface area contributed by atoms with Crippen LogP contribution in [0.3, 0.4) is 0 Å². The second-order valence-electron chi connectivity index (χ2n) is 5.86. The molecule has 1 N–H and O–H groups in total. The normalized spacial score (nSPS) is 11.3. The molecule has 0 aliphatic heterocycles. The number of carbonyl (C=O) groups is 4. The quantitative estimate of drug-likeness (QED) is 0.288. The van der Waals surface area contributed by atoms with Crippen LogP contribution in [0.4, 0.5) is 0 Å². The number of ether oxygens (including phenoxy) is 1. The number of carboxylic acids is 1. The van der Waals surface area contributed by atoms with Gasteiger partial charge in [0.2, 0.25) is 11.8 Å². The number of imide groups is 1. The monoisotopic (exact) mass is 367 g/mol. The number of allylic oxidation sites excluding steroid dienone is 2. The summed E-state index contributed by atoms with van der Waals surface area (Å²) in [4.78, 5) is 48.8. The maximum Gasteiger partial charge on any atom is 0.327 e. The molecule has 7 nitrogen and oxygen atoms in total. The van der Waals surface area contributed by atoms with Gasteiger partial charge < -0.3 is 9.84 Å². The van der Waals surface area contributed by atoms with Gasteiger partial charge in [-0.15, -0.1) is 13.2 Å². The van der Waals surface area contributed by atoms with Crippen molar-refractivity contribution in [3.05, 3.63) is 25.3 Å². The van der Waals surface area contributed by atoms with Gasteiger partial charge in [-0.3, -0.25) is 19.3 Å². The van der Waals surface area contributed by atoms with E-state index < -0.39 is 36.2 Å². The zero-order valence-corrected chi connectivity index (χ0v) is 15.4. The molecule has 0 heterocycles. The fraction of sp³-hybridized carbons (Fsp3) is 0.579. The molecule has 7 heteroatoms. The van der Waals surface area contributed by atoms with E-state index in [2.05, 4.69) is 17.9 Å². The van der Waals surface area contributed by atoms with Crippen molar-refractivity contribution < 1.29 is 29.0 Å². The molecule has 0 spiro atoms. The van der Waals surface area contributed by atoms with E-state index in [-0.39, 0.29) is 12.8 Å². The number of carbonyl (C=O) groups excluding carboxylic acids is 3. The van der Waals surface area contributed by atoms with E-state index in [0.717, 1.165) is 24.9 Å². The van der Waals surface area contributed by atoms with Crippen LogP contribution in [0.5, 0.6) is 0 Å². The Morgan fingerprint density at radius 3 is 1.77 bits per heavy atom. The second-order valence-corrected chi connectivity index (χ2v) is 5.86. The summed E-state index contributed by atoms with van der Waals surface area (Å²) in [5, 5.41) is 9.42. The molecule has 0 aromatic rings. The summed E-state index contributed by atoms with van der Waals surface area (Å²) in [7, 11) is 1.12. The fourth-order valence-electron chi connectivity index (χ4n) is 2.39. The minimum Gasteiger partial charge on any atom is -0.480 e. The van der Waals surface area contributed by atoms with Crippen molar-refractivity contribution in [2.24, 2.45) is 0 Å². The lowest BCUT2D eigenvalue weighted by Crippen LogP contribution is -2.49. The summed E-state index contributed by atoms with van der Waals surface area (Å²) in [5.41, 5.74) is 0. The Morgan fingerprint density at radius 1 is 0.962 bits per heavy atom. The SMILES string of the molecule is C=CCCCCC(=O)N(C(=O)CCCCC=C)C(CC(=O)OC)C(=O)O. The van der Waals surface area contributed by atoms with Crippen molar-refractivity contribution in [1.29, 1.82) is 0 Å². The first-order valence-corrected chi connectivity index (χ1v) is 8.75. The number of hydrogen-bond donors (Lipinski definition) is 1. The first-order chi connectivity index (χ1) is 12.4. The van der Waals surface area contributed by atoms with E-state index >= 15 is 0 Å². The smallest absolute Gasteiger partial charge is 0.327 e. The molecule has 0 aliphatic carbocycles. The van der Waals surface area contributed by atoms with Gasteiger partial charge in [-0.25, -0.2) is 4.79 Å². The fourth-order valence-corrected chi connectivity index (χ4v) is 2.39. The molecule has 0 bridgehead atoms. The maximum absolute atomic E-state index is 12.5. The number of methoxy groups -OCH3 is 1. The van der Waals surface area contributed by atoms with Gasteiger partial charge in [0.05, 0.1) is 13.5 Å². The minimum absolute atomic E-state index is 0.0389. The summed E-state index contributed by atoms with van der Waals surface area (Å²) >= 11 is 0. The van der Waals surface area contributed by atoms with E-state index in [1.54, 1.807) is 12.2 Å². The number of carboxylic acid groups (broad SMARTS) is 1. The van der Waals surface area contributed by atoms with E-state index in [0.29, 0.717) is 25.7 Å². The summed E-state index contributed by atoms with van der Waals surface area (Å²) < 4.78 is 4.49. The molecule has 0 aliphatic rings. The largest absolute Gasteiger partial charge is 0.480 e. The van der Waals surface area contributed by atoms with Gasteiger partial charge in [0.15, 0.2) is 0 Å². The van der Waals surface area contributed by atoms with Crippen molar-refractivity contribution in [2.45, 2.75) is 63.8 Å². The number of hydrogen-bond acceptors (Lipinski definition) is 5. The third-order valence-corrected chi connectivity index (χ3v) is 3.82. The average molecular weight is 367 g/mol. The second kappa shape index (κ2) is 13.8. The summed E-state index contributed by atoms with van der Waals surface area (Å²) in [6.07, 6.45) is 6.87. The van der Waals surface area contributed by atoms with E-state index in [1.165, 1.54) is 0 Å². The summed E-state index contributed by atoms with van der Waals surface area (Å²) in [5.74, 6) is -3.37. The van der Waals surface area contributed by atoms with Crippen LogP contribution in [0.25, 0.3) is 0 Å². The molecule has 1 atom stereocenters. The van der Waals surface area contributed by atoms with Crippen molar-refractivity contribution in [3.63, 3.8) is 0 Å². The van der Waals surface area contributed by atoms with Gasteiger partial charge in [0, 0.05) is 12.8 Å². The van der Waals surface area contributed by atoms with Crippen LogP contribution >= 0.6 is 0 Å². The Labute approximate surface area is 154 Å². The third kappa shape index (κ3) is 9.15. The van der Waals surface area contributed by atoms with Gasteiger partial charge in [-0.1, -0.05) is 12.2 Å². The van der Waals surface area contributed by atoms with Gasteiger partial charge in [0.25, 0.3) is 0 Å². The molecule has 0 fully saturated rings. The highest BCUT2D eigenvalue weighted by atomic mass is 16.5. The maximum atomic E-state index is 12.5. The highest BCUT2D eigenvalue weighted by molar-refractivity contribution is 6.00. The molecule has 0 aromatic heterocycles. The number of unbranched alkanes of at least 4 members (excludes halogenated alkanes) is 4. The van der Waals surface area contributed by atoms with Gasteiger partial charge in [0.1, 0.15) is 6.04 Å².